The molecule has 6 nitrogen and oxygen atoms in total. The molecule has 0 bridgehead atoms. The molecule has 1 unspecified atom stereocenters. The van der Waals surface area contributed by atoms with Crippen molar-refractivity contribution in [3.8, 4) is 0 Å². The van der Waals surface area contributed by atoms with Crippen LogP contribution < -0.4 is 0 Å². The number of sulfonamides is 1. The lowest BCUT2D eigenvalue weighted by Gasteiger charge is -2.51. The first-order chi connectivity index (χ1) is 12.8. The molecular weight excluding hydrogens is 362 g/mol. The normalized spacial score (nSPS) is 25.7. The zero-order valence-electron chi connectivity index (χ0n) is 19.1. The molecule has 3 fully saturated rings. The molecule has 1 atom stereocenters. The van der Waals surface area contributed by atoms with Gasteiger partial charge in [0.15, 0.2) is 0 Å². The first-order valence-corrected chi connectivity index (χ1v) is 12.6. The second kappa shape index (κ2) is 13.1. The van der Waals surface area contributed by atoms with Gasteiger partial charge in [-0.3, -0.25) is 9.80 Å². The van der Waals surface area contributed by atoms with Gasteiger partial charge in [-0.1, -0.05) is 34.6 Å². The Hall–Kier alpha value is -0.210. The highest BCUT2D eigenvalue weighted by atomic mass is 32.2. The largest absolute Gasteiger partial charge is 0.378 e. The summed E-state index contributed by atoms with van der Waals surface area (Å²) in [7, 11) is -0.760. The van der Waals surface area contributed by atoms with Crippen LogP contribution in [-0.4, -0.2) is 93.3 Å². The van der Waals surface area contributed by atoms with Crippen molar-refractivity contribution in [2.75, 3.05) is 59.2 Å². The van der Waals surface area contributed by atoms with Crippen LogP contribution in [0.1, 0.15) is 60.8 Å². The van der Waals surface area contributed by atoms with Crippen molar-refractivity contribution in [3.05, 3.63) is 0 Å². The van der Waals surface area contributed by atoms with Crippen LogP contribution in [0.2, 0.25) is 0 Å². The van der Waals surface area contributed by atoms with E-state index in [1.165, 1.54) is 25.5 Å². The third-order valence-electron chi connectivity index (χ3n) is 5.64. The highest BCUT2D eigenvalue weighted by Gasteiger charge is 2.42. The van der Waals surface area contributed by atoms with E-state index in [4.69, 9.17) is 4.74 Å². The summed E-state index contributed by atoms with van der Waals surface area (Å²) in [6.07, 6.45) is 5.38. The molecule has 27 heavy (non-hydrogen) atoms. The van der Waals surface area contributed by atoms with Crippen LogP contribution in [0, 0.1) is 0 Å². The van der Waals surface area contributed by atoms with Gasteiger partial charge in [-0.05, 0) is 39.8 Å². The van der Waals surface area contributed by atoms with E-state index in [2.05, 4.69) is 30.7 Å². The molecular formula is C20H45N3O3S. The Balaban J connectivity index is 0.000000430. The predicted octanol–water partition coefficient (Wildman–Crippen LogP) is 2.90. The Morgan fingerprint density at radius 2 is 1.67 bits per heavy atom. The van der Waals surface area contributed by atoms with Gasteiger partial charge in [0.1, 0.15) is 0 Å². The van der Waals surface area contributed by atoms with Gasteiger partial charge in [-0.2, -0.15) is 4.31 Å². The van der Waals surface area contributed by atoms with E-state index in [0.29, 0.717) is 24.7 Å². The second-order valence-corrected chi connectivity index (χ2v) is 9.13. The molecule has 0 aromatic heterocycles. The third-order valence-corrected chi connectivity index (χ3v) is 6.91. The molecule has 2 aliphatic heterocycles. The Labute approximate surface area is 169 Å². The average Bonchev–Trinajstić information content (AvgIpc) is 2.64. The molecule has 0 amide bonds. The Morgan fingerprint density at radius 3 is 2.00 bits per heavy atom. The summed E-state index contributed by atoms with van der Waals surface area (Å²) in [4.78, 5) is 4.77. The summed E-state index contributed by atoms with van der Waals surface area (Å²) in [5.41, 5.74) is 0.470. The van der Waals surface area contributed by atoms with Crippen molar-refractivity contribution in [1.29, 1.82) is 0 Å². The molecule has 2 heterocycles. The smallest absolute Gasteiger partial charge is 0.211 e. The highest BCUT2D eigenvalue weighted by Crippen LogP contribution is 2.38. The SMILES string of the molecule is CC.CC.CCN1CCN(S(C)(=O)=O)CC1C.CN1CCOCC12CCC2. The van der Waals surface area contributed by atoms with Gasteiger partial charge in [-0.15, -0.1) is 0 Å². The number of nitrogens with zero attached hydrogens (tertiary/aromatic N) is 3. The molecule has 0 aromatic rings. The number of rotatable bonds is 2. The van der Waals surface area contributed by atoms with Crippen LogP contribution >= 0.6 is 0 Å². The van der Waals surface area contributed by atoms with E-state index in [1.54, 1.807) is 4.31 Å². The maximum atomic E-state index is 11.2. The zero-order valence-corrected chi connectivity index (χ0v) is 19.9. The molecule has 0 radical (unpaired) electrons. The molecule has 7 heteroatoms. The van der Waals surface area contributed by atoms with Crippen LogP contribution in [0.25, 0.3) is 0 Å². The molecule has 1 spiro atoms. The van der Waals surface area contributed by atoms with Gasteiger partial charge < -0.3 is 4.74 Å². The topological polar surface area (TPSA) is 53.1 Å². The number of hydrogen-bond acceptors (Lipinski definition) is 5. The quantitative estimate of drug-likeness (QED) is 0.704. The van der Waals surface area contributed by atoms with Gasteiger partial charge in [0.25, 0.3) is 0 Å². The summed E-state index contributed by atoms with van der Waals surface area (Å²) < 4.78 is 29.5. The van der Waals surface area contributed by atoms with Crippen molar-refractivity contribution in [2.45, 2.75) is 72.4 Å². The average molecular weight is 408 g/mol. The molecule has 0 N–H and O–H groups in total. The fourth-order valence-corrected chi connectivity index (χ4v) is 4.55. The van der Waals surface area contributed by atoms with Crippen molar-refractivity contribution >= 4 is 10.0 Å². The number of hydrogen-bond donors (Lipinski definition) is 0. The van der Waals surface area contributed by atoms with E-state index in [-0.39, 0.29) is 0 Å². The monoisotopic (exact) mass is 407 g/mol. The van der Waals surface area contributed by atoms with Crippen LogP contribution in [0.4, 0.5) is 0 Å². The first kappa shape index (κ1) is 26.8. The van der Waals surface area contributed by atoms with E-state index in [9.17, 15) is 8.42 Å². The third kappa shape index (κ3) is 7.97. The minimum absolute atomic E-state index is 0.341. The molecule has 3 rings (SSSR count). The fourth-order valence-electron chi connectivity index (χ4n) is 3.65. The van der Waals surface area contributed by atoms with E-state index >= 15 is 0 Å². The summed E-state index contributed by atoms with van der Waals surface area (Å²) >= 11 is 0. The van der Waals surface area contributed by atoms with Crippen molar-refractivity contribution in [1.82, 2.24) is 14.1 Å². The van der Waals surface area contributed by atoms with E-state index in [1.807, 2.05) is 27.7 Å². The van der Waals surface area contributed by atoms with Gasteiger partial charge >= 0.3 is 0 Å². The summed E-state index contributed by atoms with van der Waals surface area (Å²) in [6, 6.07) is 0.341. The lowest BCUT2D eigenvalue weighted by Crippen LogP contribution is -2.59. The molecule has 0 aromatic carbocycles. The number of morpholine rings is 1. The minimum atomic E-state index is -2.98. The van der Waals surface area contributed by atoms with Crippen LogP contribution in [0.5, 0.6) is 0 Å². The second-order valence-electron chi connectivity index (χ2n) is 7.15. The van der Waals surface area contributed by atoms with Gasteiger partial charge in [0.2, 0.25) is 10.0 Å². The molecule has 1 saturated carbocycles. The fraction of sp³-hybridized carbons (Fsp3) is 1.00. The van der Waals surface area contributed by atoms with Crippen molar-refractivity contribution in [2.24, 2.45) is 0 Å². The van der Waals surface area contributed by atoms with Crippen molar-refractivity contribution in [3.63, 3.8) is 0 Å². The zero-order chi connectivity index (χ0) is 21.1. The van der Waals surface area contributed by atoms with Gasteiger partial charge in [0, 0.05) is 37.8 Å². The van der Waals surface area contributed by atoms with E-state index in [0.717, 1.165) is 32.8 Å². The lowest BCUT2D eigenvalue weighted by molar-refractivity contribution is -0.0941. The number of likely N-dealkylation sites (N-methyl/N-ethyl adjacent to an activating group) is 2. The Bertz CT molecular complexity index is 481. The number of ether oxygens (including phenoxy) is 1. The summed E-state index contributed by atoms with van der Waals surface area (Å²) in [5.74, 6) is 0. The maximum Gasteiger partial charge on any atom is 0.211 e. The predicted molar refractivity (Wildman–Crippen MR) is 116 cm³/mol. The van der Waals surface area contributed by atoms with Gasteiger partial charge in [-0.25, -0.2) is 8.42 Å². The standard InChI is InChI=1S/C8H18N2O2S.C8H15NO.2C2H6/c1-4-9-5-6-10(7-8(9)2)13(3,11)12;1-9-5-6-10-7-8(9)3-2-4-8;2*1-2/h8H,4-7H2,1-3H3;2-7H2,1H3;2*1-2H3. The Morgan fingerprint density at radius 1 is 1.07 bits per heavy atom. The maximum absolute atomic E-state index is 11.2. The molecule has 3 aliphatic rings. The van der Waals surface area contributed by atoms with Gasteiger partial charge in [0.05, 0.1) is 19.5 Å². The summed E-state index contributed by atoms with van der Waals surface area (Å²) in [5, 5.41) is 0. The van der Waals surface area contributed by atoms with Crippen LogP contribution in [0.3, 0.4) is 0 Å². The van der Waals surface area contributed by atoms with Crippen LogP contribution in [-0.2, 0) is 14.8 Å². The molecule has 1 aliphatic carbocycles. The minimum Gasteiger partial charge on any atom is -0.378 e. The Kier molecular flexibility index (Phi) is 13.0. The number of piperazine rings is 1. The first-order valence-electron chi connectivity index (χ1n) is 10.8. The highest BCUT2D eigenvalue weighted by molar-refractivity contribution is 7.88. The van der Waals surface area contributed by atoms with Crippen LogP contribution in [0.15, 0.2) is 0 Å². The van der Waals surface area contributed by atoms with Crippen molar-refractivity contribution < 1.29 is 13.2 Å². The van der Waals surface area contributed by atoms with E-state index < -0.39 is 10.0 Å². The lowest BCUT2D eigenvalue weighted by atomic mass is 9.75. The molecule has 2 saturated heterocycles. The summed E-state index contributed by atoms with van der Waals surface area (Å²) in [6.45, 7) is 18.3. The molecule has 164 valence electrons.